The Morgan fingerprint density at radius 3 is 1.47 bits per heavy atom. The molecule has 4 nitrogen and oxygen atoms in total. The van der Waals surface area contributed by atoms with Gasteiger partial charge in [-0.2, -0.15) is 0 Å². The third-order valence-electron chi connectivity index (χ3n) is 1.14. The Morgan fingerprint density at radius 1 is 1.12 bits per heavy atom. The van der Waals surface area contributed by atoms with E-state index in [0.717, 1.165) is 32.6 Å². The number of methoxy groups -OCH3 is 1. The van der Waals surface area contributed by atoms with Crippen LogP contribution in [0.3, 0.4) is 0 Å². The van der Waals surface area contributed by atoms with Crippen molar-refractivity contribution in [3.63, 3.8) is 0 Å². The highest BCUT2D eigenvalue weighted by Crippen LogP contribution is 1.81. The van der Waals surface area contributed by atoms with Crippen LogP contribution in [0.5, 0.6) is 0 Å². The molecule has 0 bridgehead atoms. The van der Waals surface area contributed by atoms with Crippen LogP contribution in [-0.4, -0.2) is 56.3 Å². The molecule has 0 saturated heterocycles. The number of rotatable bonds is 4. The number of ether oxygens (including phenoxy) is 1. The topological polar surface area (TPSA) is 52.9 Å². The zero-order chi connectivity index (χ0) is 14.7. The molecule has 17 heavy (non-hydrogen) atoms. The van der Waals surface area contributed by atoms with Crippen molar-refractivity contribution in [1.29, 1.82) is 0 Å². The van der Waals surface area contributed by atoms with Gasteiger partial charge in [-0.25, -0.2) is 0 Å². The van der Waals surface area contributed by atoms with Gasteiger partial charge in [0.2, 0.25) is 0 Å². The normalized spacial score (nSPS) is 8.47. The van der Waals surface area contributed by atoms with Gasteiger partial charge in [0.25, 0.3) is 0 Å². The fraction of sp³-hybridized carbons (Fsp3) is 1.00. The van der Waals surface area contributed by atoms with E-state index in [1.807, 2.05) is 18.9 Å². The summed E-state index contributed by atoms with van der Waals surface area (Å²) in [6, 6.07) is 0. The van der Waals surface area contributed by atoms with Crippen LogP contribution in [0.25, 0.3) is 0 Å². The molecule has 0 radical (unpaired) electrons. The highest BCUT2D eigenvalue weighted by Gasteiger charge is 1.87. The second-order valence-corrected chi connectivity index (χ2v) is 4.03. The second-order valence-electron chi connectivity index (χ2n) is 4.03. The van der Waals surface area contributed by atoms with E-state index in [0.29, 0.717) is 0 Å². The molecule has 0 amide bonds. The smallest absolute Gasteiger partial charge is 0.0954 e. The molecule has 0 rings (SSSR count). The Kier molecular flexibility index (Phi) is 44.8. The van der Waals surface area contributed by atoms with E-state index in [1.165, 1.54) is 0 Å². The highest BCUT2D eigenvalue weighted by molar-refractivity contribution is 4.37. The number of nitrogens with zero attached hydrogens (tertiary/aromatic N) is 1. The monoisotopic (exact) mass is 253 g/mol. The van der Waals surface area contributed by atoms with Gasteiger partial charge >= 0.3 is 0 Å². The lowest BCUT2D eigenvalue weighted by Crippen LogP contribution is -2.19. The van der Waals surface area contributed by atoms with Crippen molar-refractivity contribution in [3.8, 4) is 0 Å². The van der Waals surface area contributed by atoms with Crippen molar-refractivity contribution in [1.82, 2.24) is 4.90 Å². The third-order valence-corrected chi connectivity index (χ3v) is 1.14. The minimum absolute atomic E-state index is 0.174. The SMILES string of the molecule is CC(C)C.CCCN(C)CO.CCOC.CO. The summed E-state index contributed by atoms with van der Waals surface area (Å²) < 4.78 is 4.54. The fourth-order valence-corrected chi connectivity index (χ4v) is 0.452. The first kappa shape index (κ1) is 25.6. The standard InChI is InChI=1S/C5H13NO.C4H10.C3H8O.CH4O/c1-3-4-6(2)5-7;1-4(2)3;1-3-4-2;1-2/h7H,3-5H2,1-2H3;4H,1-3H3;3H2,1-2H3;2H,1H3. The number of aliphatic hydroxyl groups excluding tert-OH is 2. The van der Waals surface area contributed by atoms with Gasteiger partial charge in [-0.3, -0.25) is 4.90 Å². The summed E-state index contributed by atoms with van der Waals surface area (Å²) in [5, 5.41) is 15.4. The van der Waals surface area contributed by atoms with Crippen LogP contribution in [-0.2, 0) is 4.74 Å². The van der Waals surface area contributed by atoms with Gasteiger partial charge in [0.05, 0.1) is 6.73 Å². The van der Waals surface area contributed by atoms with Crippen LogP contribution in [0.1, 0.15) is 41.0 Å². The van der Waals surface area contributed by atoms with E-state index in [9.17, 15) is 0 Å². The van der Waals surface area contributed by atoms with Crippen molar-refractivity contribution in [2.75, 3.05) is 41.1 Å². The molecule has 0 aliphatic heterocycles. The summed E-state index contributed by atoms with van der Waals surface area (Å²) in [4.78, 5) is 1.86. The maximum atomic E-state index is 8.39. The van der Waals surface area contributed by atoms with E-state index in [-0.39, 0.29) is 6.73 Å². The average Bonchev–Trinajstić information content (AvgIpc) is 2.31. The molecule has 0 aromatic carbocycles. The van der Waals surface area contributed by atoms with Gasteiger partial charge in [0.15, 0.2) is 0 Å². The molecule has 0 aromatic rings. The maximum absolute atomic E-state index is 8.39. The van der Waals surface area contributed by atoms with Crippen molar-refractivity contribution in [2.24, 2.45) is 5.92 Å². The Hall–Kier alpha value is -0.160. The summed E-state index contributed by atoms with van der Waals surface area (Å²) in [6.07, 6.45) is 1.11. The summed E-state index contributed by atoms with van der Waals surface area (Å²) in [5.74, 6) is 0.833. The Bertz CT molecular complexity index is 86.0. The second kappa shape index (κ2) is 29.7. The molecule has 4 heteroatoms. The van der Waals surface area contributed by atoms with Crippen LogP contribution in [0.2, 0.25) is 0 Å². The highest BCUT2D eigenvalue weighted by atomic mass is 16.5. The van der Waals surface area contributed by atoms with Gasteiger partial charge in [0, 0.05) is 20.8 Å². The molecule has 110 valence electrons. The van der Waals surface area contributed by atoms with E-state index < -0.39 is 0 Å². The summed E-state index contributed by atoms with van der Waals surface area (Å²) in [6.45, 7) is 12.5. The molecular weight excluding hydrogens is 218 g/mol. The van der Waals surface area contributed by atoms with E-state index in [4.69, 9.17) is 10.2 Å². The molecule has 0 spiro atoms. The van der Waals surface area contributed by atoms with E-state index in [2.05, 4.69) is 32.4 Å². The minimum atomic E-state index is 0.174. The van der Waals surface area contributed by atoms with E-state index in [1.54, 1.807) is 7.11 Å². The summed E-state index contributed by atoms with van der Waals surface area (Å²) in [5.41, 5.74) is 0. The Balaban J connectivity index is -0.0000000733. The molecular formula is C13H35NO3. The van der Waals surface area contributed by atoms with Crippen molar-refractivity contribution in [2.45, 2.75) is 41.0 Å². The zero-order valence-corrected chi connectivity index (χ0v) is 13.2. The van der Waals surface area contributed by atoms with Gasteiger partial charge in [0.1, 0.15) is 0 Å². The molecule has 0 aliphatic carbocycles. The molecule has 0 fully saturated rings. The van der Waals surface area contributed by atoms with Crippen molar-refractivity contribution in [3.05, 3.63) is 0 Å². The van der Waals surface area contributed by atoms with E-state index >= 15 is 0 Å². The molecule has 2 N–H and O–H groups in total. The zero-order valence-electron chi connectivity index (χ0n) is 13.2. The molecule has 0 heterocycles. The molecule has 0 saturated carbocycles. The third kappa shape index (κ3) is 89.0. The largest absolute Gasteiger partial charge is 0.400 e. The van der Waals surface area contributed by atoms with Crippen LogP contribution < -0.4 is 0 Å². The number of hydrogen-bond acceptors (Lipinski definition) is 4. The molecule has 0 unspecified atom stereocenters. The quantitative estimate of drug-likeness (QED) is 0.754. The van der Waals surface area contributed by atoms with Gasteiger partial charge in [-0.1, -0.05) is 27.7 Å². The fourth-order valence-electron chi connectivity index (χ4n) is 0.452. The lowest BCUT2D eigenvalue weighted by molar-refractivity contribution is 0.133. The minimum Gasteiger partial charge on any atom is -0.400 e. The van der Waals surface area contributed by atoms with Gasteiger partial charge < -0.3 is 14.9 Å². The summed E-state index contributed by atoms with van der Waals surface area (Å²) in [7, 11) is 4.57. The predicted octanol–water partition coefficient (Wildman–Crippen LogP) is 2.20. The maximum Gasteiger partial charge on any atom is 0.0954 e. The van der Waals surface area contributed by atoms with Crippen molar-refractivity contribution >= 4 is 0 Å². The first-order chi connectivity index (χ1) is 7.95. The Morgan fingerprint density at radius 2 is 1.41 bits per heavy atom. The van der Waals surface area contributed by atoms with Crippen LogP contribution in [0.4, 0.5) is 0 Å². The average molecular weight is 253 g/mol. The predicted molar refractivity (Wildman–Crippen MR) is 76.2 cm³/mol. The molecule has 0 aromatic heterocycles. The lowest BCUT2D eigenvalue weighted by atomic mass is 10.3. The van der Waals surface area contributed by atoms with Crippen molar-refractivity contribution < 1.29 is 14.9 Å². The van der Waals surface area contributed by atoms with Gasteiger partial charge in [-0.05, 0) is 32.9 Å². The Labute approximate surface area is 109 Å². The molecule has 0 atom stereocenters. The first-order valence-corrected chi connectivity index (χ1v) is 6.19. The number of aliphatic hydroxyl groups is 2. The first-order valence-electron chi connectivity index (χ1n) is 6.19. The summed E-state index contributed by atoms with van der Waals surface area (Å²) >= 11 is 0. The van der Waals surface area contributed by atoms with Crippen LogP contribution in [0.15, 0.2) is 0 Å². The molecule has 0 aliphatic rings. The number of hydrogen-bond donors (Lipinski definition) is 2. The lowest BCUT2D eigenvalue weighted by Gasteiger charge is -2.09. The van der Waals surface area contributed by atoms with Gasteiger partial charge in [-0.15, -0.1) is 0 Å². The van der Waals surface area contributed by atoms with Crippen LogP contribution in [0, 0.1) is 5.92 Å². The van der Waals surface area contributed by atoms with Crippen LogP contribution >= 0.6 is 0 Å².